The Hall–Kier alpha value is -2.34. The average molecular weight is 329 g/mol. The summed E-state index contributed by atoms with van der Waals surface area (Å²) >= 11 is 0. The van der Waals surface area contributed by atoms with Gasteiger partial charge in [-0.15, -0.1) is 0 Å². The van der Waals surface area contributed by atoms with Crippen LogP contribution in [0.2, 0.25) is 0 Å². The lowest BCUT2D eigenvalue weighted by molar-refractivity contribution is -0.132. The maximum atomic E-state index is 12.0. The molecule has 2 aromatic rings. The summed E-state index contributed by atoms with van der Waals surface area (Å²) in [6.07, 6.45) is 6.28. The van der Waals surface area contributed by atoms with Crippen LogP contribution in [0.5, 0.6) is 0 Å². The second-order valence-corrected chi connectivity index (χ2v) is 6.59. The number of hydrazine groups is 1. The quantitative estimate of drug-likeness (QED) is 0.646. The first-order valence-corrected chi connectivity index (χ1v) is 8.41. The molecule has 3 rings (SSSR count). The van der Waals surface area contributed by atoms with Gasteiger partial charge in [0.1, 0.15) is 0 Å². The first-order chi connectivity index (χ1) is 11.6. The van der Waals surface area contributed by atoms with E-state index >= 15 is 0 Å². The van der Waals surface area contributed by atoms with Gasteiger partial charge in [0.2, 0.25) is 11.8 Å². The summed E-state index contributed by atoms with van der Waals surface area (Å²) in [4.78, 5) is 27.1. The molecule has 6 heteroatoms. The van der Waals surface area contributed by atoms with Gasteiger partial charge >= 0.3 is 0 Å². The number of aromatic amines is 1. The van der Waals surface area contributed by atoms with Crippen LogP contribution in [0.1, 0.15) is 44.1 Å². The van der Waals surface area contributed by atoms with E-state index in [0.717, 1.165) is 35.7 Å². The molecule has 0 spiro atoms. The first-order valence-electron chi connectivity index (χ1n) is 8.41. The smallest absolute Gasteiger partial charge is 0.242 e. The second kappa shape index (κ2) is 7.05. The molecule has 1 aliphatic carbocycles. The van der Waals surface area contributed by atoms with Crippen LogP contribution in [-0.2, 0) is 16.0 Å². The molecule has 1 fully saturated rings. The molecule has 24 heavy (non-hydrogen) atoms. The molecule has 0 radical (unpaired) electrons. The van der Waals surface area contributed by atoms with Crippen molar-refractivity contribution in [2.45, 2.75) is 50.5 Å². The summed E-state index contributed by atoms with van der Waals surface area (Å²) in [6.45, 7) is 0. The Morgan fingerprint density at radius 1 is 1.08 bits per heavy atom. The summed E-state index contributed by atoms with van der Waals surface area (Å²) in [7, 11) is 0. The second-order valence-electron chi connectivity index (χ2n) is 6.59. The SMILES string of the molecule is O=C(Cc1c[nH]c2ccccc12)NNC(=O)CC1(O)CCCCC1. The number of fused-ring (bicyclic) bond motifs is 1. The van der Waals surface area contributed by atoms with Gasteiger partial charge in [-0.1, -0.05) is 37.5 Å². The van der Waals surface area contributed by atoms with Gasteiger partial charge < -0.3 is 10.1 Å². The van der Waals surface area contributed by atoms with Crippen LogP contribution in [0.4, 0.5) is 0 Å². The third-order valence-electron chi connectivity index (χ3n) is 4.64. The van der Waals surface area contributed by atoms with Gasteiger partial charge in [-0.25, -0.2) is 0 Å². The third kappa shape index (κ3) is 3.94. The van der Waals surface area contributed by atoms with Gasteiger partial charge in [-0.3, -0.25) is 20.4 Å². The molecule has 2 amide bonds. The van der Waals surface area contributed by atoms with E-state index in [-0.39, 0.29) is 24.7 Å². The predicted molar refractivity (Wildman–Crippen MR) is 90.9 cm³/mol. The molecular weight excluding hydrogens is 306 g/mol. The average Bonchev–Trinajstić information content (AvgIpc) is 2.96. The van der Waals surface area contributed by atoms with E-state index in [1.165, 1.54) is 0 Å². The largest absolute Gasteiger partial charge is 0.389 e. The number of amides is 2. The number of aromatic nitrogens is 1. The standard InChI is InChI=1S/C18H23N3O3/c22-16(10-13-12-19-15-7-3-2-6-14(13)15)20-21-17(23)11-18(24)8-4-1-5-9-18/h2-3,6-7,12,19,24H,1,4-5,8-11H2,(H,20,22)(H,21,23). The van der Waals surface area contributed by atoms with E-state index in [1.54, 1.807) is 6.20 Å². The normalized spacial score (nSPS) is 16.7. The number of nitrogens with one attached hydrogen (secondary N) is 3. The zero-order valence-corrected chi connectivity index (χ0v) is 13.6. The van der Waals surface area contributed by atoms with Crippen molar-refractivity contribution in [2.24, 2.45) is 0 Å². The Labute approximate surface area is 140 Å². The minimum absolute atomic E-state index is 0.0281. The molecule has 0 bridgehead atoms. The molecule has 0 atom stereocenters. The van der Waals surface area contributed by atoms with Gasteiger partial charge in [-0.2, -0.15) is 0 Å². The molecule has 0 aliphatic heterocycles. The van der Waals surface area contributed by atoms with E-state index in [4.69, 9.17) is 0 Å². The lowest BCUT2D eigenvalue weighted by atomic mass is 9.82. The highest BCUT2D eigenvalue weighted by molar-refractivity contribution is 5.89. The van der Waals surface area contributed by atoms with Crippen molar-refractivity contribution in [3.63, 3.8) is 0 Å². The third-order valence-corrected chi connectivity index (χ3v) is 4.64. The summed E-state index contributed by atoms with van der Waals surface area (Å²) < 4.78 is 0. The van der Waals surface area contributed by atoms with E-state index in [0.29, 0.717) is 12.8 Å². The molecule has 1 aromatic heterocycles. The minimum atomic E-state index is -0.927. The molecule has 1 heterocycles. The highest BCUT2D eigenvalue weighted by Crippen LogP contribution is 2.30. The van der Waals surface area contributed by atoms with E-state index < -0.39 is 5.60 Å². The monoisotopic (exact) mass is 329 g/mol. The number of carbonyl (C=O) groups is 2. The summed E-state index contributed by atoms with van der Waals surface area (Å²) in [5.74, 6) is -0.643. The van der Waals surface area contributed by atoms with Crippen molar-refractivity contribution in [2.75, 3.05) is 0 Å². The van der Waals surface area contributed by atoms with Gasteiger partial charge in [-0.05, 0) is 24.5 Å². The first kappa shape index (κ1) is 16.5. The number of para-hydroxylation sites is 1. The fraction of sp³-hybridized carbons (Fsp3) is 0.444. The zero-order chi connectivity index (χ0) is 17.0. The summed E-state index contributed by atoms with van der Waals surface area (Å²) in [6, 6.07) is 7.75. The molecule has 6 nitrogen and oxygen atoms in total. The van der Waals surface area contributed by atoms with Gasteiger partial charge in [0.15, 0.2) is 0 Å². The molecule has 1 saturated carbocycles. The van der Waals surface area contributed by atoms with Crippen molar-refractivity contribution in [1.82, 2.24) is 15.8 Å². The Balaban J connectivity index is 1.49. The van der Waals surface area contributed by atoms with Crippen LogP contribution >= 0.6 is 0 Å². The van der Waals surface area contributed by atoms with Crippen LogP contribution in [-0.4, -0.2) is 27.5 Å². The molecule has 0 unspecified atom stereocenters. The molecule has 0 saturated heterocycles. The highest BCUT2D eigenvalue weighted by Gasteiger charge is 2.31. The number of benzene rings is 1. The topological polar surface area (TPSA) is 94.2 Å². The van der Waals surface area contributed by atoms with Crippen molar-refractivity contribution < 1.29 is 14.7 Å². The summed E-state index contributed by atoms with van der Waals surface area (Å²) in [5, 5.41) is 11.4. The Kier molecular flexibility index (Phi) is 4.85. The zero-order valence-electron chi connectivity index (χ0n) is 13.6. The van der Waals surface area contributed by atoms with E-state index in [9.17, 15) is 14.7 Å². The van der Waals surface area contributed by atoms with Gasteiger partial charge in [0, 0.05) is 17.1 Å². The maximum absolute atomic E-state index is 12.0. The van der Waals surface area contributed by atoms with E-state index in [2.05, 4.69) is 15.8 Å². The van der Waals surface area contributed by atoms with Crippen LogP contribution in [0, 0.1) is 0 Å². The van der Waals surface area contributed by atoms with Crippen LogP contribution < -0.4 is 10.9 Å². The number of aliphatic hydroxyl groups is 1. The summed E-state index contributed by atoms with van der Waals surface area (Å²) in [5.41, 5.74) is 5.76. The fourth-order valence-corrected chi connectivity index (χ4v) is 3.36. The lowest BCUT2D eigenvalue weighted by Gasteiger charge is -2.31. The van der Waals surface area contributed by atoms with Gasteiger partial charge in [0.05, 0.1) is 18.4 Å². The van der Waals surface area contributed by atoms with Crippen molar-refractivity contribution in [1.29, 1.82) is 0 Å². The number of H-pyrrole nitrogens is 1. The number of hydrogen-bond acceptors (Lipinski definition) is 3. The van der Waals surface area contributed by atoms with Crippen molar-refractivity contribution in [3.8, 4) is 0 Å². The van der Waals surface area contributed by atoms with E-state index in [1.807, 2.05) is 24.3 Å². The Morgan fingerprint density at radius 3 is 2.58 bits per heavy atom. The molecule has 4 N–H and O–H groups in total. The molecule has 1 aromatic carbocycles. The predicted octanol–water partition coefficient (Wildman–Crippen LogP) is 1.94. The highest BCUT2D eigenvalue weighted by atomic mass is 16.3. The Morgan fingerprint density at radius 2 is 1.79 bits per heavy atom. The van der Waals surface area contributed by atoms with Crippen LogP contribution in [0.3, 0.4) is 0 Å². The van der Waals surface area contributed by atoms with Crippen molar-refractivity contribution in [3.05, 3.63) is 36.0 Å². The van der Waals surface area contributed by atoms with Crippen molar-refractivity contribution >= 4 is 22.7 Å². The molecular formula is C18H23N3O3. The number of hydrogen-bond donors (Lipinski definition) is 4. The number of carbonyl (C=O) groups excluding carboxylic acids is 2. The van der Waals surface area contributed by atoms with Gasteiger partial charge in [0.25, 0.3) is 0 Å². The Bertz CT molecular complexity index is 732. The van der Waals surface area contributed by atoms with Crippen LogP contribution in [0.15, 0.2) is 30.5 Å². The fourth-order valence-electron chi connectivity index (χ4n) is 3.36. The minimum Gasteiger partial charge on any atom is -0.389 e. The number of rotatable bonds is 4. The maximum Gasteiger partial charge on any atom is 0.242 e. The molecule has 1 aliphatic rings. The van der Waals surface area contributed by atoms with Crippen LogP contribution in [0.25, 0.3) is 10.9 Å². The molecule has 128 valence electrons. The lowest BCUT2D eigenvalue weighted by Crippen LogP contribution is -2.46.